The number of hydrogen-bond donors (Lipinski definition) is 1. The van der Waals surface area contributed by atoms with E-state index in [1.165, 1.54) is 6.07 Å². The summed E-state index contributed by atoms with van der Waals surface area (Å²) < 4.78 is 47.9. The van der Waals surface area contributed by atoms with E-state index in [1.54, 1.807) is 6.92 Å². The minimum Gasteiger partial charge on any atom is -0.475 e. The standard InChI is InChI=1S/C11H16F3N3O2/c1-3-15-8-7-9(19-6-5-18-4-2)17-10(16-8)11(12,13)14/h7H,3-6H2,1-2H3,(H,15,16,17). The number of aromatic nitrogens is 2. The Kier molecular flexibility index (Phi) is 5.81. The number of nitrogens with zero attached hydrogens (tertiary/aromatic N) is 2. The van der Waals surface area contributed by atoms with Gasteiger partial charge in [-0.05, 0) is 13.8 Å². The molecule has 0 atom stereocenters. The molecule has 0 spiro atoms. The van der Waals surface area contributed by atoms with Crippen LogP contribution >= 0.6 is 0 Å². The molecule has 0 fully saturated rings. The molecule has 19 heavy (non-hydrogen) atoms. The average molecular weight is 279 g/mol. The first-order valence-electron chi connectivity index (χ1n) is 5.88. The predicted octanol–water partition coefficient (Wildman–Crippen LogP) is 2.34. The van der Waals surface area contributed by atoms with Crippen molar-refractivity contribution in [3.63, 3.8) is 0 Å². The van der Waals surface area contributed by atoms with E-state index in [2.05, 4.69) is 15.3 Å². The molecule has 1 N–H and O–H groups in total. The van der Waals surface area contributed by atoms with Crippen LogP contribution in [0.1, 0.15) is 19.7 Å². The van der Waals surface area contributed by atoms with Crippen LogP contribution < -0.4 is 10.1 Å². The van der Waals surface area contributed by atoms with Gasteiger partial charge >= 0.3 is 6.18 Å². The highest BCUT2D eigenvalue weighted by molar-refractivity contribution is 5.38. The fraction of sp³-hybridized carbons (Fsp3) is 0.636. The lowest BCUT2D eigenvalue weighted by molar-refractivity contribution is -0.145. The molecule has 1 heterocycles. The molecule has 0 amide bonds. The summed E-state index contributed by atoms with van der Waals surface area (Å²) in [6.45, 7) is 4.96. The van der Waals surface area contributed by atoms with Crippen LogP contribution in [-0.4, -0.2) is 36.3 Å². The van der Waals surface area contributed by atoms with Crippen molar-refractivity contribution in [1.82, 2.24) is 9.97 Å². The van der Waals surface area contributed by atoms with E-state index >= 15 is 0 Å². The van der Waals surface area contributed by atoms with Crippen molar-refractivity contribution in [1.29, 1.82) is 0 Å². The average Bonchev–Trinajstić information content (AvgIpc) is 2.34. The Morgan fingerprint density at radius 1 is 1.21 bits per heavy atom. The highest BCUT2D eigenvalue weighted by Crippen LogP contribution is 2.28. The normalized spacial score (nSPS) is 11.4. The van der Waals surface area contributed by atoms with Gasteiger partial charge in [0.1, 0.15) is 12.4 Å². The highest BCUT2D eigenvalue weighted by Gasteiger charge is 2.35. The Bertz CT molecular complexity index is 399. The second-order valence-electron chi connectivity index (χ2n) is 3.49. The van der Waals surface area contributed by atoms with Crippen LogP contribution in [0.15, 0.2) is 6.07 Å². The summed E-state index contributed by atoms with van der Waals surface area (Å²) in [5, 5.41) is 2.70. The molecule has 0 saturated heterocycles. The quantitative estimate of drug-likeness (QED) is 0.776. The first-order chi connectivity index (χ1) is 8.97. The maximum absolute atomic E-state index is 12.6. The lowest BCUT2D eigenvalue weighted by Gasteiger charge is -2.11. The molecule has 0 saturated carbocycles. The van der Waals surface area contributed by atoms with Crippen molar-refractivity contribution in [2.45, 2.75) is 20.0 Å². The predicted molar refractivity (Wildman–Crippen MR) is 63.2 cm³/mol. The largest absolute Gasteiger partial charge is 0.475 e. The molecule has 0 aromatic carbocycles. The van der Waals surface area contributed by atoms with Gasteiger partial charge in [0.25, 0.3) is 0 Å². The molecule has 0 bridgehead atoms. The van der Waals surface area contributed by atoms with Crippen LogP contribution in [0.4, 0.5) is 19.0 Å². The van der Waals surface area contributed by atoms with Crippen LogP contribution in [0.25, 0.3) is 0 Å². The highest BCUT2D eigenvalue weighted by atomic mass is 19.4. The van der Waals surface area contributed by atoms with Crippen molar-refractivity contribution in [3.8, 4) is 5.88 Å². The van der Waals surface area contributed by atoms with Crippen molar-refractivity contribution in [3.05, 3.63) is 11.9 Å². The zero-order valence-corrected chi connectivity index (χ0v) is 10.8. The molecule has 1 rings (SSSR count). The van der Waals surface area contributed by atoms with Gasteiger partial charge in [-0.1, -0.05) is 0 Å². The summed E-state index contributed by atoms with van der Waals surface area (Å²) >= 11 is 0. The Labute approximate surface area is 109 Å². The number of alkyl halides is 3. The number of anilines is 1. The van der Waals surface area contributed by atoms with Gasteiger partial charge in [0, 0.05) is 19.2 Å². The molecule has 108 valence electrons. The molecule has 5 nitrogen and oxygen atoms in total. The molecule has 0 aliphatic heterocycles. The molecule has 0 unspecified atom stereocenters. The Hall–Kier alpha value is -1.57. The summed E-state index contributed by atoms with van der Waals surface area (Å²) in [5.41, 5.74) is 0. The molecular weight excluding hydrogens is 263 g/mol. The van der Waals surface area contributed by atoms with Crippen LogP contribution in [0.3, 0.4) is 0 Å². The SMILES string of the molecule is CCNc1cc(OCCOCC)nc(C(F)(F)F)n1. The lowest BCUT2D eigenvalue weighted by atomic mass is 10.5. The van der Waals surface area contributed by atoms with Crippen LogP contribution in [0.2, 0.25) is 0 Å². The molecule has 0 aliphatic rings. The van der Waals surface area contributed by atoms with E-state index in [1.807, 2.05) is 6.92 Å². The number of rotatable bonds is 7. The number of halogens is 3. The van der Waals surface area contributed by atoms with Gasteiger partial charge in [-0.25, -0.2) is 4.98 Å². The fourth-order valence-electron chi connectivity index (χ4n) is 1.25. The second-order valence-corrected chi connectivity index (χ2v) is 3.49. The summed E-state index contributed by atoms with van der Waals surface area (Å²) in [4.78, 5) is 6.71. The van der Waals surface area contributed by atoms with Crippen LogP contribution in [0.5, 0.6) is 5.88 Å². The maximum atomic E-state index is 12.6. The van der Waals surface area contributed by atoms with E-state index in [0.717, 1.165) is 0 Å². The third-order valence-electron chi connectivity index (χ3n) is 2.00. The van der Waals surface area contributed by atoms with Gasteiger partial charge in [0.15, 0.2) is 0 Å². The van der Waals surface area contributed by atoms with E-state index in [4.69, 9.17) is 9.47 Å². The summed E-state index contributed by atoms with van der Waals surface area (Å²) in [5.74, 6) is -1.27. The summed E-state index contributed by atoms with van der Waals surface area (Å²) in [7, 11) is 0. The molecule has 1 aromatic rings. The first kappa shape index (κ1) is 15.5. The van der Waals surface area contributed by atoms with E-state index < -0.39 is 12.0 Å². The Balaban J connectivity index is 2.81. The van der Waals surface area contributed by atoms with Crippen molar-refractivity contribution >= 4 is 5.82 Å². The second kappa shape index (κ2) is 7.13. The third kappa shape index (κ3) is 5.29. The van der Waals surface area contributed by atoms with E-state index in [0.29, 0.717) is 19.8 Å². The Morgan fingerprint density at radius 2 is 1.95 bits per heavy atom. The number of ether oxygens (including phenoxy) is 2. The number of hydrogen-bond acceptors (Lipinski definition) is 5. The van der Waals surface area contributed by atoms with Gasteiger partial charge in [-0.2, -0.15) is 18.2 Å². The molecular formula is C11H16F3N3O2. The van der Waals surface area contributed by atoms with Crippen molar-refractivity contribution < 1.29 is 22.6 Å². The lowest BCUT2D eigenvalue weighted by Crippen LogP contribution is -2.15. The molecule has 0 radical (unpaired) electrons. The zero-order chi connectivity index (χ0) is 14.3. The smallest absolute Gasteiger partial charge is 0.451 e. The summed E-state index contributed by atoms with van der Waals surface area (Å²) in [6, 6.07) is 1.32. The van der Waals surface area contributed by atoms with Gasteiger partial charge < -0.3 is 14.8 Å². The van der Waals surface area contributed by atoms with Gasteiger partial charge in [-0.3, -0.25) is 0 Å². The van der Waals surface area contributed by atoms with Gasteiger partial charge in [0.2, 0.25) is 11.7 Å². The van der Waals surface area contributed by atoms with Crippen LogP contribution in [0, 0.1) is 0 Å². The first-order valence-corrected chi connectivity index (χ1v) is 5.88. The third-order valence-corrected chi connectivity index (χ3v) is 2.00. The van der Waals surface area contributed by atoms with Crippen molar-refractivity contribution in [2.75, 3.05) is 31.7 Å². The van der Waals surface area contributed by atoms with Gasteiger partial charge in [-0.15, -0.1) is 0 Å². The molecule has 0 aliphatic carbocycles. The van der Waals surface area contributed by atoms with Gasteiger partial charge in [0.05, 0.1) is 6.61 Å². The Morgan fingerprint density at radius 3 is 2.53 bits per heavy atom. The fourth-order valence-corrected chi connectivity index (χ4v) is 1.25. The number of nitrogens with one attached hydrogen (secondary N) is 1. The zero-order valence-electron chi connectivity index (χ0n) is 10.8. The minimum atomic E-state index is -4.61. The van der Waals surface area contributed by atoms with E-state index in [9.17, 15) is 13.2 Å². The van der Waals surface area contributed by atoms with E-state index in [-0.39, 0.29) is 18.3 Å². The van der Waals surface area contributed by atoms with Crippen LogP contribution in [-0.2, 0) is 10.9 Å². The minimum absolute atomic E-state index is 0.0798. The molecule has 1 aromatic heterocycles. The van der Waals surface area contributed by atoms with Crippen molar-refractivity contribution in [2.24, 2.45) is 0 Å². The molecule has 8 heteroatoms. The maximum Gasteiger partial charge on any atom is 0.451 e. The topological polar surface area (TPSA) is 56.3 Å². The monoisotopic (exact) mass is 279 g/mol. The summed E-state index contributed by atoms with van der Waals surface area (Å²) in [6.07, 6.45) is -4.61.